The molecule has 1 aromatic heterocycles. The van der Waals surface area contributed by atoms with Crippen molar-refractivity contribution in [3.8, 4) is 0 Å². The molecule has 0 aliphatic carbocycles. The predicted octanol–water partition coefficient (Wildman–Crippen LogP) is 1.19. The molecule has 0 bridgehead atoms. The summed E-state index contributed by atoms with van der Waals surface area (Å²) in [6, 6.07) is 0.426. The number of aromatic carboxylic acids is 1. The number of hydrogen-bond donors (Lipinski definition) is 1. The van der Waals surface area contributed by atoms with Gasteiger partial charge in [-0.05, 0) is 6.07 Å². The molecule has 1 rings (SSSR count). The Morgan fingerprint density at radius 1 is 1.46 bits per heavy atom. The Kier molecular flexibility index (Phi) is 2.18. The van der Waals surface area contributed by atoms with Crippen LogP contribution in [0.25, 0.3) is 0 Å². The number of carboxylic acids is 1. The number of nitrogens with zero attached hydrogens (tertiary/aromatic N) is 2. The minimum Gasteiger partial charge on any atom is -0.476 e. The second-order valence-electron chi connectivity index (χ2n) is 2.13. The van der Waals surface area contributed by atoms with Crippen LogP contribution >= 0.6 is 0 Å². The van der Waals surface area contributed by atoms with E-state index in [1.54, 1.807) is 0 Å². The van der Waals surface area contributed by atoms with Gasteiger partial charge in [-0.25, -0.2) is 4.79 Å². The number of hydrogen-bond acceptors (Lipinski definition) is 3. The van der Waals surface area contributed by atoms with E-state index in [0.717, 1.165) is 0 Å². The van der Waals surface area contributed by atoms with E-state index < -0.39 is 23.4 Å². The van der Waals surface area contributed by atoms with Gasteiger partial charge in [0.2, 0.25) is 0 Å². The molecular formula is C6H3F3N2O2. The summed E-state index contributed by atoms with van der Waals surface area (Å²) in [5.41, 5.74) is -1.85. The topological polar surface area (TPSA) is 63.1 Å². The van der Waals surface area contributed by atoms with Gasteiger partial charge in [-0.1, -0.05) is 0 Å². The van der Waals surface area contributed by atoms with Crippen LogP contribution in [0.5, 0.6) is 0 Å². The summed E-state index contributed by atoms with van der Waals surface area (Å²) in [5, 5.41) is 14.2. The van der Waals surface area contributed by atoms with Crippen molar-refractivity contribution in [3.05, 3.63) is 23.5 Å². The number of halogens is 3. The summed E-state index contributed by atoms with van der Waals surface area (Å²) in [6.07, 6.45) is -4.13. The molecule has 0 saturated carbocycles. The normalized spacial score (nSPS) is 11.3. The Morgan fingerprint density at radius 2 is 2.08 bits per heavy atom. The van der Waals surface area contributed by atoms with Crippen molar-refractivity contribution in [2.45, 2.75) is 6.18 Å². The van der Waals surface area contributed by atoms with E-state index in [4.69, 9.17) is 5.11 Å². The Balaban J connectivity index is 3.13. The fourth-order valence-corrected chi connectivity index (χ4v) is 0.626. The van der Waals surface area contributed by atoms with Gasteiger partial charge in [0.05, 0.1) is 11.8 Å². The summed E-state index contributed by atoms with van der Waals surface area (Å²) in [7, 11) is 0. The van der Waals surface area contributed by atoms with Crippen LogP contribution in [0.3, 0.4) is 0 Å². The van der Waals surface area contributed by atoms with Gasteiger partial charge in [0.15, 0.2) is 5.69 Å². The van der Waals surface area contributed by atoms with Crippen molar-refractivity contribution in [3.63, 3.8) is 0 Å². The Morgan fingerprint density at radius 3 is 2.54 bits per heavy atom. The molecule has 7 heteroatoms. The molecule has 1 N–H and O–H groups in total. The van der Waals surface area contributed by atoms with E-state index >= 15 is 0 Å². The second-order valence-corrected chi connectivity index (χ2v) is 2.13. The lowest BCUT2D eigenvalue weighted by Gasteiger charge is -2.04. The fourth-order valence-electron chi connectivity index (χ4n) is 0.626. The van der Waals surface area contributed by atoms with Crippen LogP contribution in [-0.4, -0.2) is 21.3 Å². The van der Waals surface area contributed by atoms with Crippen LogP contribution in [0.15, 0.2) is 12.3 Å². The maximum absolute atomic E-state index is 12.0. The first-order valence-electron chi connectivity index (χ1n) is 3.04. The summed E-state index contributed by atoms with van der Waals surface area (Å²) < 4.78 is 35.9. The number of rotatable bonds is 1. The van der Waals surface area contributed by atoms with Crippen molar-refractivity contribution < 1.29 is 23.1 Å². The molecule has 0 aromatic carbocycles. The molecule has 0 spiro atoms. The third kappa shape index (κ3) is 2.14. The van der Waals surface area contributed by atoms with Gasteiger partial charge in [0.1, 0.15) is 0 Å². The molecule has 0 amide bonds. The highest BCUT2D eigenvalue weighted by atomic mass is 19.4. The van der Waals surface area contributed by atoms with E-state index in [1.807, 2.05) is 0 Å². The third-order valence-electron chi connectivity index (χ3n) is 1.20. The molecule has 0 saturated heterocycles. The zero-order chi connectivity index (χ0) is 10.1. The highest BCUT2D eigenvalue weighted by Gasteiger charge is 2.31. The first kappa shape index (κ1) is 9.43. The third-order valence-corrected chi connectivity index (χ3v) is 1.20. The van der Waals surface area contributed by atoms with Crippen LogP contribution in [-0.2, 0) is 6.18 Å². The Labute approximate surface area is 70.0 Å². The van der Waals surface area contributed by atoms with Crippen LogP contribution in [0.1, 0.15) is 16.1 Å². The second kappa shape index (κ2) is 3.00. The highest BCUT2D eigenvalue weighted by molar-refractivity contribution is 5.85. The molecule has 13 heavy (non-hydrogen) atoms. The maximum atomic E-state index is 12.0. The summed E-state index contributed by atoms with van der Waals surface area (Å²) in [5.74, 6) is -1.54. The van der Waals surface area contributed by atoms with Crippen LogP contribution in [0.4, 0.5) is 13.2 Å². The van der Waals surface area contributed by atoms with Crippen molar-refractivity contribution >= 4 is 5.97 Å². The van der Waals surface area contributed by atoms with Gasteiger partial charge in [-0.3, -0.25) is 0 Å². The average Bonchev–Trinajstić information content (AvgIpc) is 2.03. The first-order chi connectivity index (χ1) is 5.91. The summed E-state index contributed by atoms with van der Waals surface area (Å²) in [4.78, 5) is 10.2. The van der Waals surface area contributed by atoms with Crippen LogP contribution in [0.2, 0.25) is 0 Å². The van der Waals surface area contributed by atoms with Gasteiger partial charge < -0.3 is 5.11 Å². The molecule has 0 atom stereocenters. The van der Waals surface area contributed by atoms with Gasteiger partial charge in [0.25, 0.3) is 0 Å². The molecule has 0 unspecified atom stereocenters. The van der Waals surface area contributed by atoms with Crippen molar-refractivity contribution in [1.82, 2.24) is 10.2 Å². The summed E-state index contributed by atoms with van der Waals surface area (Å²) >= 11 is 0. The SMILES string of the molecule is O=C(O)c1cc(C(F)(F)F)cnn1. The molecule has 0 radical (unpaired) electrons. The van der Waals surface area contributed by atoms with Crippen molar-refractivity contribution in [1.29, 1.82) is 0 Å². The average molecular weight is 192 g/mol. The maximum Gasteiger partial charge on any atom is 0.418 e. The number of carbonyl (C=O) groups is 1. The van der Waals surface area contributed by atoms with E-state index in [1.165, 1.54) is 0 Å². The van der Waals surface area contributed by atoms with Gasteiger partial charge in [0, 0.05) is 0 Å². The van der Waals surface area contributed by atoms with E-state index in [-0.39, 0.29) is 0 Å². The first-order valence-corrected chi connectivity index (χ1v) is 3.04. The molecule has 0 fully saturated rings. The number of alkyl halides is 3. The highest BCUT2D eigenvalue weighted by Crippen LogP contribution is 2.28. The predicted molar refractivity (Wildman–Crippen MR) is 34.0 cm³/mol. The fraction of sp³-hybridized carbons (Fsp3) is 0.167. The Bertz CT molecular complexity index is 337. The molecule has 70 valence electrons. The lowest BCUT2D eigenvalue weighted by Crippen LogP contribution is -2.10. The zero-order valence-electron chi connectivity index (χ0n) is 6.04. The lowest BCUT2D eigenvalue weighted by molar-refractivity contribution is -0.137. The van der Waals surface area contributed by atoms with Gasteiger partial charge in [-0.15, -0.1) is 5.10 Å². The van der Waals surface area contributed by atoms with E-state index in [9.17, 15) is 18.0 Å². The van der Waals surface area contributed by atoms with Gasteiger partial charge >= 0.3 is 12.1 Å². The molecule has 0 aliphatic heterocycles. The van der Waals surface area contributed by atoms with Crippen molar-refractivity contribution in [2.75, 3.05) is 0 Å². The van der Waals surface area contributed by atoms with E-state index in [2.05, 4.69) is 10.2 Å². The smallest absolute Gasteiger partial charge is 0.418 e. The largest absolute Gasteiger partial charge is 0.476 e. The number of carboxylic acid groups (broad SMARTS) is 1. The molecular weight excluding hydrogens is 189 g/mol. The van der Waals surface area contributed by atoms with Gasteiger partial charge in [-0.2, -0.15) is 18.3 Å². The standard InChI is InChI=1S/C6H3F3N2O2/c7-6(8,9)3-1-4(5(12)13)11-10-2-3/h1-2H,(H,12,13). The van der Waals surface area contributed by atoms with Crippen LogP contribution in [0, 0.1) is 0 Å². The minimum absolute atomic E-state index is 0.426. The Hall–Kier alpha value is -1.66. The van der Waals surface area contributed by atoms with Crippen molar-refractivity contribution in [2.24, 2.45) is 0 Å². The number of aromatic nitrogens is 2. The zero-order valence-corrected chi connectivity index (χ0v) is 6.04. The van der Waals surface area contributed by atoms with Crippen LogP contribution < -0.4 is 0 Å². The quantitative estimate of drug-likeness (QED) is 0.725. The molecule has 1 heterocycles. The molecule has 4 nitrogen and oxygen atoms in total. The summed E-state index contributed by atoms with van der Waals surface area (Å²) in [6.45, 7) is 0. The monoisotopic (exact) mass is 192 g/mol. The van der Waals surface area contributed by atoms with E-state index in [0.29, 0.717) is 12.3 Å². The molecule has 0 aliphatic rings. The molecule has 1 aromatic rings. The lowest BCUT2D eigenvalue weighted by atomic mass is 10.2. The minimum atomic E-state index is -4.60.